The molecule has 1 amide bonds. The summed E-state index contributed by atoms with van der Waals surface area (Å²) in [5.74, 6) is 2.19. The van der Waals surface area contributed by atoms with E-state index in [4.69, 9.17) is 5.11 Å². The molecule has 16 heavy (non-hydrogen) atoms. The van der Waals surface area contributed by atoms with E-state index in [0.717, 1.165) is 24.5 Å². The Labute approximate surface area is 103 Å². The van der Waals surface area contributed by atoms with Crippen molar-refractivity contribution in [2.24, 2.45) is 0 Å². The summed E-state index contributed by atoms with van der Waals surface area (Å²) < 4.78 is 0. The molecule has 0 aliphatic carbocycles. The number of hydrogen-bond donors (Lipinski definition) is 2. The first kappa shape index (κ1) is 15.7. The lowest BCUT2D eigenvalue weighted by molar-refractivity contribution is -0.129. The first-order valence-corrected chi connectivity index (χ1v) is 6.85. The Kier molecular flexibility index (Phi) is 9.77. The zero-order valence-corrected chi connectivity index (χ0v) is 11.3. The molecule has 0 aliphatic heterocycles. The van der Waals surface area contributed by atoms with Crippen molar-refractivity contribution in [3.63, 3.8) is 0 Å². The van der Waals surface area contributed by atoms with E-state index in [1.54, 1.807) is 19.0 Å². The molecule has 2 N–H and O–H groups in total. The molecular formula is C11H24N2O2S. The molecule has 0 saturated carbocycles. The van der Waals surface area contributed by atoms with Crippen LogP contribution in [0.4, 0.5) is 0 Å². The zero-order chi connectivity index (χ0) is 12.4. The van der Waals surface area contributed by atoms with Crippen LogP contribution >= 0.6 is 11.8 Å². The Hall–Kier alpha value is -0.260. The van der Waals surface area contributed by atoms with Gasteiger partial charge in [-0.3, -0.25) is 4.79 Å². The lowest BCUT2D eigenvalue weighted by Crippen LogP contribution is -2.34. The highest BCUT2D eigenvalue weighted by atomic mass is 32.2. The van der Waals surface area contributed by atoms with E-state index in [2.05, 4.69) is 5.32 Å². The van der Waals surface area contributed by atoms with Gasteiger partial charge in [0.25, 0.3) is 0 Å². The van der Waals surface area contributed by atoms with E-state index in [-0.39, 0.29) is 18.6 Å². The topological polar surface area (TPSA) is 52.6 Å². The van der Waals surface area contributed by atoms with Crippen molar-refractivity contribution in [2.75, 3.05) is 38.8 Å². The Morgan fingerprint density at radius 3 is 2.69 bits per heavy atom. The Morgan fingerprint density at radius 1 is 1.44 bits per heavy atom. The van der Waals surface area contributed by atoms with Crippen LogP contribution in [0.3, 0.4) is 0 Å². The van der Waals surface area contributed by atoms with Crippen LogP contribution in [0.15, 0.2) is 0 Å². The first-order valence-electron chi connectivity index (χ1n) is 5.70. The van der Waals surface area contributed by atoms with Gasteiger partial charge in [-0.2, -0.15) is 11.8 Å². The predicted molar refractivity (Wildman–Crippen MR) is 69.8 cm³/mol. The fourth-order valence-electron chi connectivity index (χ4n) is 1.16. The third-order valence-corrected chi connectivity index (χ3v) is 3.24. The maximum Gasteiger partial charge on any atom is 0.223 e. The van der Waals surface area contributed by atoms with Gasteiger partial charge < -0.3 is 15.3 Å². The summed E-state index contributed by atoms with van der Waals surface area (Å²) in [4.78, 5) is 13.0. The summed E-state index contributed by atoms with van der Waals surface area (Å²) in [5.41, 5.74) is 0. The monoisotopic (exact) mass is 248 g/mol. The molecule has 0 rings (SSSR count). The van der Waals surface area contributed by atoms with E-state index in [9.17, 15) is 4.79 Å². The number of nitrogens with one attached hydrogen (secondary N) is 1. The van der Waals surface area contributed by atoms with Crippen molar-refractivity contribution in [3.05, 3.63) is 0 Å². The summed E-state index contributed by atoms with van der Waals surface area (Å²) in [6.45, 7) is 3.21. The largest absolute Gasteiger partial charge is 0.396 e. The van der Waals surface area contributed by atoms with Crippen LogP contribution in [-0.2, 0) is 4.79 Å². The maximum absolute atomic E-state index is 11.4. The lowest BCUT2D eigenvalue weighted by atomic mass is 10.2. The van der Waals surface area contributed by atoms with Crippen molar-refractivity contribution in [2.45, 2.75) is 25.8 Å². The van der Waals surface area contributed by atoms with Gasteiger partial charge >= 0.3 is 0 Å². The third-order valence-electron chi connectivity index (χ3n) is 2.17. The molecule has 0 aromatic heterocycles. The normalized spacial score (nSPS) is 12.5. The van der Waals surface area contributed by atoms with Crippen LogP contribution in [0.25, 0.3) is 0 Å². The van der Waals surface area contributed by atoms with Gasteiger partial charge in [0, 0.05) is 45.5 Å². The minimum Gasteiger partial charge on any atom is -0.396 e. The summed E-state index contributed by atoms with van der Waals surface area (Å²) in [5, 5.41) is 11.9. The molecule has 0 heterocycles. The van der Waals surface area contributed by atoms with Crippen molar-refractivity contribution in [1.29, 1.82) is 0 Å². The number of carbonyl (C=O) groups excluding carboxylic acids is 1. The molecule has 0 fully saturated rings. The van der Waals surface area contributed by atoms with E-state index < -0.39 is 0 Å². The second kappa shape index (κ2) is 9.93. The van der Waals surface area contributed by atoms with Gasteiger partial charge in [0.05, 0.1) is 0 Å². The van der Waals surface area contributed by atoms with Crippen LogP contribution < -0.4 is 5.32 Å². The van der Waals surface area contributed by atoms with Crippen molar-refractivity contribution in [1.82, 2.24) is 10.2 Å². The maximum atomic E-state index is 11.4. The highest BCUT2D eigenvalue weighted by Crippen LogP contribution is 2.01. The molecule has 0 aliphatic rings. The molecule has 0 bridgehead atoms. The van der Waals surface area contributed by atoms with Crippen LogP contribution in [-0.4, -0.2) is 60.7 Å². The average molecular weight is 248 g/mol. The molecule has 0 radical (unpaired) electrons. The standard InChI is InChI=1S/C11H24N2O2S/c1-10(9-11(15)13(2)3)12-5-8-16-7-4-6-14/h10,12,14H,4-9H2,1-3H3. The fourth-order valence-corrected chi connectivity index (χ4v) is 1.96. The van der Waals surface area contributed by atoms with Gasteiger partial charge in [0.15, 0.2) is 0 Å². The highest BCUT2D eigenvalue weighted by Gasteiger charge is 2.09. The van der Waals surface area contributed by atoms with Crippen molar-refractivity contribution >= 4 is 17.7 Å². The predicted octanol–water partition coefficient (Wildman–Crippen LogP) is 0.558. The molecular weight excluding hydrogens is 224 g/mol. The number of aliphatic hydroxyl groups excluding tert-OH is 1. The zero-order valence-electron chi connectivity index (χ0n) is 10.5. The van der Waals surface area contributed by atoms with Gasteiger partial charge in [-0.25, -0.2) is 0 Å². The molecule has 0 spiro atoms. The smallest absolute Gasteiger partial charge is 0.223 e. The van der Waals surface area contributed by atoms with Crippen LogP contribution in [0.2, 0.25) is 0 Å². The molecule has 4 nitrogen and oxygen atoms in total. The number of rotatable bonds is 9. The number of nitrogens with zero attached hydrogens (tertiary/aromatic N) is 1. The summed E-state index contributed by atoms with van der Waals surface area (Å²) in [7, 11) is 3.56. The molecule has 0 aromatic carbocycles. The van der Waals surface area contributed by atoms with Gasteiger partial charge in [-0.05, 0) is 19.1 Å². The minimum atomic E-state index is 0.160. The Bertz CT molecular complexity index is 189. The van der Waals surface area contributed by atoms with Crippen molar-refractivity contribution < 1.29 is 9.90 Å². The average Bonchev–Trinajstić information content (AvgIpc) is 2.23. The van der Waals surface area contributed by atoms with Crippen LogP contribution in [0, 0.1) is 0 Å². The number of aliphatic hydroxyl groups is 1. The van der Waals surface area contributed by atoms with E-state index in [0.29, 0.717) is 6.42 Å². The third kappa shape index (κ3) is 9.00. The van der Waals surface area contributed by atoms with Gasteiger partial charge in [-0.1, -0.05) is 0 Å². The second-order valence-electron chi connectivity index (χ2n) is 4.04. The molecule has 96 valence electrons. The number of amides is 1. The van der Waals surface area contributed by atoms with E-state index >= 15 is 0 Å². The van der Waals surface area contributed by atoms with Crippen LogP contribution in [0.1, 0.15) is 19.8 Å². The molecule has 1 unspecified atom stereocenters. The Balaban J connectivity index is 3.37. The van der Waals surface area contributed by atoms with Gasteiger partial charge in [0.2, 0.25) is 5.91 Å². The quantitative estimate of drug-likeness (QED) is 0.585. The van der Waals surface area contributed by atoms with E-state index in [1.807, 2.05) is 18.7 Å². The second-order valence-corrected chi connectivity index (χ2v) is 5.26. The molecule has 5 heteroatoms. The Morgan fingerprint density at radius 2 is 2.12 bits per heavy atom. The van der Waals surface area contributed by atoms with Gasteiger partial charge in [0.1, 0.15) is 0 Å². The fraction of sp³-hybridized carbons (Fsp3) is 0.909. The highest BCUT2D eigenvalue weighted by molar-refractivity contribution is 7.99. The summed E-state index contributed by atoms with van der Waals surface area (Å²) >= 11 is 1.83. The summed E-state index contributed by atoms with van der Waals surface area (Å²) in [6.07, 6.45) is 1.41. The van der Waals surface area contributed by atoms with Gasteiger partial charge in [-0.15, -0.1) is 0 Å². The number of carbonyl (C=O) groups is 1. The number of thioether (sulfide) groups is 1. The SMILES string of the molecule is CC(CC(=O)N(C)C)NCCSCCCO. The lowest BCUT2D eigenvalue weighted by Gasteiger charge is -2.16. The molecule has 0 saturated heterocycles. The number of hydrogen-bond acceptors (Lipinski definition) is 4. The summed E-state index contributed by atoms with van der Waals surface area (Å²) in [6, 6.07) is 0.230. The minimum absolute atomic E-state index is 0.160. The molecule has 0 aromatic rings. The van der Waals surface area contributed by atoms with E-state index in [1.165, 1.54) is 0 Å². The van der Waals surface area contributed by atoms with Crippen molar-refractivity contribution in [3.8, 4) is 0 Å². The van der Waals surface area contributed by atoms with Crippen LogP contribution in [0.5, 0.6) is 0 Å². The molecule has 1 atom stereocenters. The first-order chi connectivity index (χ1) is 7.57.